The highest BCUT2D eigenvalue weighted by molar-refractivity contribution is 5.88. The quantitative estimate of drug-likeness (QED) is 0.434. The Morgan fingerprint density at radius 1 is 1.33 bits per heavy atom. The number of carbonyl (C=O) groups is 3. The molecule has 6 unspecified atom stereocenters. The fourth-order valence-corrected chi connectivity index (χ4v) is 4.03. The van der Waals surface area contributed by atoms with Crippen molar-refractivity contribution in [1.82, 2.24) is 0 Å². The van der Waals surface area contributed by atoms with Crippen LogP contribution in [0, 0.1) is 23.7 Å². The van der Waals surface area contributed by atoms with Crippen LogP contribution in [0.25, 0.3) is 0 Å². The summed E-state index contributed by atoms with van der Waals surface area (Å²) in [5, 5.41) is 0. The van der Waals surface area contributed by atoms with Crippen molar-refractivity contribution < 1.29 is 41.8 Å². The smallest absolute Gasteiger partial charge is 0.393 e. The number of halogens is 3. The maximum Gasteiger partial charge on any atom is 0.393 e. The molecule has 0 aromatic heterocycles. The molecular weight excluding hydrogens is 333 g/mol. The van der Waals surface area contributed by atoms with Gasteiger partial charge in [0.05, 0.1) is 11.8 Å². The largest absolute Gasteiger partial charge is 0.458 e. The first-order chi connectivity index (χ1) is 11.1. The zero-order chi connectivity index (χ0) is 17.8. The average Bonchev–Trinajstić information content (AvgIpc) is 3.06. The van der Waals surface area contributed by atoms with Gasteiger partial charge >= 0.3 is 24.1 Å². The van der Waals surface area contributed by atoms with E-state index in [4.69, 9.17) is 9.47 Å². The fraction of sp³-hybridized carbons (Fsp3) is 0.667. The highest BCUT2D eigenvalue weighted by Crippen LogP contribution is 2.62. The molecule has 0 N–H and O–H groups in total. The van der Waals surface area contributed by atoms with E-state index in [1.165, 1.54) is 6.92 Å². The van der Waals surface area contributed by atoms with Crippen LogP contribution in [0.3, 0.4) is 0 Å². The summed E-state index contributed by atoms with van der Waals surface area (Å²) in [4.78, 5) is 34.7. The van der Waals surface area contributed by atoms with E-state index in [-0.39, 0.29) is 12.0 Å². The molecule has 0 aromatic rings. The van der Waals surface area contributed by atoms with Gasteiger partial charge in [0.1, 0.15) is 12.2 Å². The van der Waals surface area contributed by atoms with Crippen LogP contribution in [0.5, 0.6) is 0 Å². The van der Waals surface area contributed by atoms with Gasteiger partial charge in [0, 0.05) is 17.4 Å². The Labute approximate surface area is 134 Å². The third kappa shape index (κ3) is 2.55. The predicted molar refractivity (Wildman–Crippen MR) is 70.2 cm³/mol. The van der Waals surface area contributed by atoms with Crippen molar-refractivity contribution in [2.24, 2.45) is 23.7 Å². The monoisotopic (exact) mass is 348 g/mol. The number of hydrogen-bond acceptors (Lipinski definition) is 6. The molecule has 0 spiro atoms. The minimum atomic E-state index is -4.57. The van der Waals surface area contributed by atoms with Crippen LogP contribution in [-0.2, 0) is 28.6 Å². The van der Waals surface area contributed by atoms with Crippen molar-refractivity contribution in [2.45, 2.75) is 31.7 Å². The number of hydrogen-bond donors (Lipinski definition) is 0. The van der Waals surface area contributed by atoms with Crippen LogP contribution >= 0.6 is 0 Å². The molecule has 3 aliphatic rings. The maximum absolute atomic E-state index is 13.3. The van der Waals surface area contributed by atoms with E-state index in [0.717, 1.165) is 0 Å². The Hall–Kier alpha value is -2.06. The van der Waals surface area contributed by atoms with Crippen LogP contribution in [0.4, 0.5) is 13.2 Å². The lowest BCUT2D eigenvalue weighted by Crippen LogP contribution is -2.46. The molecule has 1 saturated heterocycles. The molecule has 3 fully saturated rings. The summed E-state index contributed by atoms with van der Waals surface area (Å²) < 4.78 is 54.5. The number of esters is 3. The number of ether oxygens (including phenoxy) is 3. The summed E-state index contributed by atoms with van der Waals surface area (Å²) in [6, 6.07) is 0. The lowest BCUT2D eigenvalue weighted by Gasteiger charge is -2.32. The van der Waals surface area contributed by atoms with E-state index >= 15 is 0 Å². The van der Waals surface area contributed by atoms with Crippen LogP contribution in [0.15, 0.2) is 12.2 Å². The molecule has 6 atom stereocenters. The molecule has 0 aromatic carbocycles. The van der Waals surface area contributed by atoms with E-state index < -0.39 is 66.6 Å². The molecule has 6 nitrogen and oxygen atoms in total. The minimum absolute atomic E-state index is 0.0763. The van der Waals surface area contributed by atoms with Crippen LogP contribution in [-0.4, -0.2) is 42.9 Å². The zero-order valence-corrected chi connectivity index (χ0v) is 12.7. The molecule has 24 heavy (non-hydrogen) atoms. The van der Waals surface area contributed by atoms with E-state index in [1.807, 2.05) is 0 Å². The van der Waals surface area contributed by atoms with Crippen molar-refractivity contribution in [3.8, 4) is 0 Å². The molecule has 9 heteroatoms. The average molecular weight is 348 g/mol. The van der Waals surface area contributed by atoms with Gasteiger partial charge in [-0.1, -0.05) is 6.58 Å². The number of rotatable bonds is 4. The van der Waals surface area contributed by atoms with Gasteiger partial charge in [0.2, 0.25) is 0 Å². The second-order valence-corrected chi connectivity index (χ2v) is 6.37. The highest BCUT2D eigenvalue weighted by Gasteiger charge is 2.73. The Balaban J connectivity index is 1.69. The van der Waals surface area contributed by atoms with Crippen molar-refractivity contribution in [3.05, 3.63) is 12.2 Å². The molecule has 1 aliphatic heterocycles. The van der Waals surface area contributed by atoms with E-state index in [0.29, 0.717) is 0 Å². The van der Waals surface area contributed by atoms with Gasteiger partial charge in [-0.05, 0) is 13.3 Å². The third-order valence-electron chi connectivity index (χ3n) is 4.86. The van der Waals surface area contributed by atoms with Crippen molar-refractivity contribution >= 4 is 17.9 Å². The Bertz CT molecular complexity index is 613. The van der Waals surface area contributed by atoms with Crippen LogP contribution in [0.2, 0.25) is 0 Å². The Morgan fingerprint density at radius 2 is 2.00 bits per heavy atom. The van der Waals surface area contributed by atoms with Gasteiger partial charge < -0.3 is 14.2 Å². The van der Waals surface area contributed by atoms with Gasteiger partial charge in [0.15, 0.2) is 6.61 Å². The second-order valence-electron chi connectivity index (χ2n) is 6.37. The van der Waals surface area contributed by atoms with Gasteiger partial charge in [0.25, 0.3) is 0 Å². The third-order valence-corrected chi connectivity index (χ3v) is 4.86. The molecule has 0 amide bonds. The van der Waals surface area contributed by atoms with E-state index in [9.17, 15) is 27.6 Å². The normalized spacial score (nSPS) is 36.4. The van der Waals surface area contributed by atoms with E-state index in [1.54, 1.807) is 0 Å². The summed E-state index contributed by atoms with van der Waals surface area (Å²) in [5.41, 5.74) is 0.0763. The molecule has 2 saturated carbocycles. The fourth-order valence-electron chi connectivity index (χ4n) is 4.03. The molecular formula is C15H15F3O6. The van der Waals surface area contributed by atoms with Crippen LogP contribution < -0.4 is 0 Å². The van der Waals surface area contributed by atoms with Crippen LogP contribution in [0.1, 0.15) is 13.3 Å². The summed E-state index contributed by atoms with van der Waals surface area (Å²) in [6.45, 7) is 3.98. The first kappa shape index (κ1) is 16.8. The molecule has 2 bridgehead atoms. The van der Waals surface area contributed by atoms with Gasteiger partial charge in [-0.3, -0.25) is 4.79 Å². The molecule has 132 valence electrons. The maximum atomic E-state index is 13.3. The summed E-state index contributed by atoms with van der Waals surface area (Å²) in [5.74, 6) is -7.37. The molecule has 3 rings (SSSR count). The van der Waals surface area contributed by atoms with Gasteiger partial charge in [-0.15, -0.1) is 0 Å². The standard InChI is InChI=1S/C15H15F3O6/c1-5(2)13(20)22-4-8(19)23-12-7-3-6-9(10(7)15(16,17)18)14(21)24-11(6)12/h6-7,9-12H,1,3-4H2,2H3. The molecule has 0 radical (unpaired) electrons. The number of fused-ring (bicyclic) bond motifs is 1. The Morgan fingerprint density at radius 3 is 2.58 bits per heavy atom. The Kier molecular flexibility index (Phi) is 3.84. The predicted octanol–water partition coefficient (Wildman–Crippen LogP) is 1.39. The summed E-state index contributed by atoms with van der Waals surface area (Å²) >= 11 is 0. The van der Waals surface area contributed by atoms with Gasteiger partial charge in [-0.2, -0.15) is 13.2 Å². The lowest BCUT2D eigenvalue weighted by atomic mass is 9.78. The summed E-state index contributed by atoms with van der Waals surface area (Å²) in [7, 11) is 0. The first-order valence-electron chi connectivity index (χ1n) is 7.40. The van der Waals surface area contributed by atoms with E-state index in [2.05, 4.69) is 11.3 Å². The SMILES string of the molecule is C=C(C)C(=O)OCC(=O)OC1C2CC3C1OC(=O)C3C2C(F)(F)F. The molecule has 1 heterocycles. The van der Waals surface area contributed by atoms with Crippen molar-refractivity contribution in [3.63, 3.8) is 0 Å². The van der Waals surface area contributed by atoms with Crippen molar-refractivity contribution in [1.29, 1.82) is 0 Å². The number of carbonyl (C=O) groups excluding carboxylic acids is 3. The second kappa shape index (κ2) is 5.49. The zero-order valence-electron chi connectivity index (χ0n) is 12.7. The topological polar surface area (TPSA) is 78.9 Å². The number of alkyl halides is 3. The highest BCUT2D eigenvalue weighted by atomic mass is 19.4. The summed E-state index contributed by atoms with van der Waals surface area (Å²) in [6.07, 6.45) is -6.48. The van der Waals surface area contributed by atoms with Crippen molar-refractivity contribution in [2.75, 3.05) is 6.61 Å². The minimum Gasteiger partial charge on any atom is -0.458 e. The van der Waals surface area contributed by atoms with Gasteiger partial charge in [-0.25, -0.2) is 9.59 Å². The lowest BCUT2D eigenvalue weighted by molar-refractivity contribution is -0.212. The molecule has 2 aliphatic carbocycles. The first-order valence-corrected chi connectivity index (χ1v) is 7.40.